The molecule has 1 aromatic rings. The van der Waals surface area contributed by atoms with Crippen molar-refractivity contribution in [1.82, 2.24) is 14.5 Å². The van der Waals surface area contributed by atoms with Gasteiger partial charge < -0.3 is 15.0 Å². The first kappa shape index (κ1) is 13.5. The van der Waals surface area contributed by atoms with Crippen LogP contribution in [0, 0.1) is 0 Å². The average molecular weight is 252 g/mol. The molecule has 2 N–H and O–H groups in total. The lowest BCUT2D eigenvalue weighted by atomic mass is 9.93. The minimum absolute atomic E-state index is 0.0513. The summed E-state index contributed by atoms with van der Waals surface area (Å²) in [4.78, 5) is 6.61. The summed E-state index contributed by atoms with van der Waals surface area (Å²) < 4.78 is 7.70. The van der Waals surface area contributed by atoms with Gasteiger partial charge in [0.05, 0.1) is 23.7 Å². The van der Waals surface area contributed by atoms with E-state index in [-0.39, 0.29) is 11.6 Å². The molecule has 0 bridgehead atoms. The largest absolute Gasteiger partial charge is 0.377 e. The first-order valence-corrected chi connectivity index (χ1v) is 6.55. The zero-order valence-electron chi connectivity index (χ0n) is 11.6. The van der Waals surface area contributed by atoms with Crippen molar-refractivity contribution in [3.8, 4) is 0 Å². The molecule has 1 aliphatic rings. The fraction of sp³-hybridized carbons (Fsp3) is 0.769. The maximum atomic E-state index is 5.97. The highest BCUT2D eigenvalue weighted by atomic mass is 16.5. The summed E-state index contributed by atoms with van der Waals surface area (Å²) in [5.41, 5.74) is 7.10. The van der Waals surface area contributed by atoms with Crippen molar-refractivity contribution in [2.45, 2.75) is 31.4 Å². The van der Waals surface area contributed by atoms with E-state index in [1.807, 2.05) is 19.6 Å². The quantitative estimate of drug-likeness (QED) is 0.866. The number of hydrogen-bond acceptors (Lipinski definition) is 4. The van der Waals surface area contributed by atoms with Crippen LogP contribution in [0.5, 0.6) is 0 Å². The van der Waals surface area contributed by atoms with Gasteiger partial charge in [0.15, 0.2) is 0 Å². The smallest absolute Gasteiger partial charge is 0.0946 e. The lowest BCUT2D eigenvalue weighted by Crippen LogP contribution is -2.50. The lowest BCUT2D eigenvalue weighted by molar-refractivity contribution is -0.0614. The molecular formula is C13H24N4O. The Morgan fingerprint density at radius 3 is 2.94 bits per heavy atom. The number of piperidine rings is 1. The molecule has 2 heterocycles. The van der Waals surface area contributed by atoms with Crippen LogP contribution >= 0.6 is 0 Å². The zero-order valence-corrected chi connectivity index (χ0v) is 11.6. The monoisotopic (exact) mass is 252 g/mol. The number of methoxy groups -OCH3 is 1. The SMILES string of the molecule is COC1(C)CCCN(C(CN)c2cncn2C)C1. The number of imidazole rings is 1. The number of aryl methyl sites for hydroxylation is 1. The van der Waals surface area contributed by atoms with Crippen molar-refractivity contribution in [3.63, 3.8) is 0 Å². The van der Waals surface area contributed by atoms with Crippen molar-refractivity contribution in [2.75, 3.05) is 26.7 Å². The van der Waals surface area contributed by atoms with Crippen LogP contribution in [0.4, 0.5) is 0 Å². The van der Waals surface area contributed by atoms with E-state index in [0.29, 0.717) is 6.54 Å². The summed E-state index contributed by atoms with van der Waals surface area (Å²) in [7, 11) is 3.81. The fourth-order valence-electron chi connectivity index (χ4n) is 2.82. The van der Waals surface area contributed by atoms with Crippen LogP contribution in [0.25, 0.3) is 0 Å². The predicted molar refractivity (Wildman–Crippen MR) is 71.2 cm³/mol. The van der Waals surface area contributed by atoms with Crippen molar-refractivity contribution < 1.29 is 4.74 Å². The standard InChI is InChI=1S/C13H24N4O/c1-13(18-3)5-4-6-17(9-13)11(7-14)12-8-15-10-16(12)2/h8,10-11H,4-7,9,14H2,1-3H3. The van der Waals surface area contributed by atoms with Gasteiger partial charge in [-0.15, -0.1) is 0 Å². The molecule has 5 nitrogen and oxygen atoms in total. The number of rotatable bonds is 4. The number of ether oxygens (including phenoxy) is 1. The van der Waals surface area contributed by atoms with Crippen LogP contribution in [0.2, 0.25) is 0 Å². The molecule has 18 heavy (non-hydrogen) atoms. The second-order valence-corrected chi connectivity index (χ2v) is 5.41. The molecule has 102 valence electrons. The highest BCUT2D eigenvalue weighted by Gasteiger charge is 2.34. The number of hydrogen-bond donors (Lipinski definition) is 1. The molecule has 0 amide bonds. The van der Waals surface area contributed by atoms with E-state index in [0.717, 1.165) is 25.9 Å². The minimum Gasteiger partial charge on any atom is -0.377 e. The molecule has 2 atom stereocenters. The molecule has 0 spiro atoms. The zero-order chi connectivity index (χ0) is 13.2. The van der Waals surface area contributed by atoms with Gasteiger partial charge in [0.1, 0.15) is 0 Å². The topological polar surface area (TPSA) is 56.3 Å². The van der Waals surface area contributed by atoms with Crippen LogP contribution in [-0.4, -0.2) is 46.8 Å². The van der Waals surface area contributed by atoms with E-state index < -0.39 is 0 Å². The van der Waals surface area contributed by atoms with Crippen LogP contribution in [0.3, 0.4) is 0 Å². The lowest BCUT2D eigenvalue weighted by Gasteiger charge is -2.42. The van der Waals surface area contributed by atoms with Crippen molar-refractivity contribution in [2.24, 2.45) is 12.8 Å². The maximum absolute atomic E-state index is 5.97. The summed E-state index contributed by atoms with van der Waals surface area (Å²) in [5.74, 6) is 0. The first-order chi connectivity index (χ1) is 8.59. The molecule has 1 fully saturated rings. The van der Waals surface area contributed by atoms with Crippen LogP contribution < -0.4 is 5.73 Å². The first-order valence-electron chi connectivity index (χ1n) is 6.55. The molecule has 1 aliphatic heterocycles. The Morgan fingerprint density at radius 1 is 1.61 bits per heavy atom. The molecule has 5 heteroatoms. The van der Waals surface area contributed by atoms with E-state index in [4.69, 9.17) is 10.5 Å². The Morgan fingerprint density at radius 2 is 2.39 bits per heavy atom. The van der Waals surface area contributed by atoms with E-state index in [9.17, 15) is 0 Å². The molecule has 0 radical (unpaired) electrons. The van der Waals surface area contributed by atoms with Gasteiger partial charge >= 0.3 is 0 Å². The molecule has 2 unspecified atom stereocenters. The Balaban J connectivity index is 2.16. The average Bonchev–Trinajstić information content (AvgIpc) is 2.77. The summed E-state index contributed by atoms with van der Waals surface area (Å²) in [6.45, 7) is 4.79. The second-order valence-electron chi connectivity index (χ2n) is 5.41. The Bertz CT molecular complexity index is 392. The molecule has 1 aromatic heterocycles. The molecule has 0 aliphatic carbocycles. The predicted octanol–water partition coefficient (Wildman–Crippen LogP) is 0.921. The van der Waals surface area contributed by atoms with Gasteiger partial charge in [-0.2, -0.15) is 0 Å². The van der Waals surface area contributed by atoms with Crippen LogP contribution in [0.15, 0.2) is 12.5 Å². The van der Waals surface area contributed by atoms with Gasteiger partial charge in [-0.3, -0.25) is 4.90 Å². The fourth-order valence-corrected chi connectivity index (χ4v) is 2.82. The summed E-state index contributed by atoms with van der Waals surface area (Å²) >= 11 is 0. The third-order valence-corrected chi connectivity index (χ3v) is 4.04. The van der Waals surface area contributed by atoms with E-state index in [2.05, 4.69) is 21.4 Å². The highest BCUT2D eigenvalue weighted by Crippen LogP contribution is 2.29. The Kier molecular flexibility index (Phi) is 4.04. The van der Waals surface area contributed by atoms with E-state index in [1.54, 1.807) is 7.11 Å². The van der Waals surface area contributed by atoms with Gasteiger partial charge in [-0.05, 0) is 26.3 Å². The molecule has 0 saturated carbocycles. The highest BCUT2D eigenvalue weighted by molar-refractivity contribution is 5.07. The normalized spacial score (nSPS) is 27.3. The number of nitrogens with two attached hydrogens (primary N) is 1. The van der Waals surface area contributed by atoms with Crippen molar-refractivity contribution in [3.05, 3.63) is 18.2 Å². The van der Waals surface area contributed by atoms with Gasteiger partial charge in [-0.1, -0.05) is 0 Å². The minimum atomic E-state index is -0.0513. The van der Waals surface area contributed by atoms with Crippen molar-refractivity contribution in [1.29, 1.82) is 0 Å². The van der Waals surface area contributed by atoms with Gasteiger partial charge in [0.25, 0.3) is 0 Å². The molecule has 0 aromatic carbocycles. The van der Waals surface area contributed by atoms with Crippen LogP contribution in [0.1, 0.15) is 31.5 Å². The number of likely N-dealkylation sites (tertiary alicyclic amines) is 1. The second kappa shape index (κ2) is 5.38. The Hall–Kier alpha value is -0.910. The summed E-state index contributed by atoms with van der Waals surface area (Å²) in [5, 5.41) is 0. The number of nitrogens with zero attached hydrogens (tertiary/aromatic N) is 3. The van der Waals surface area contributed by atoms with E-state index >= 15 is 0 Å². The molecule has 2 rings (SSSR count). The van der Waals surface area contributed by atoms with Gasteiger partial charge in [-0.25, -0.2) is 4.98 Å². The van der Waals surface area contributed by atoms with E-state index in [1.165, 1.54) is 5.69 Å². The Labute approximate surface area is 109 Å². The van der Waals surface area contributed by atoms with Crippen LogP contribution in [-0.2, 0) is 11.8 Å². The van der Waals surface area contributed by atoms with Gasteiger partial charge in [0.2, 0.25) is 0 Å². The molecule has 1 saturated heterocycles. The summed E-state index contributed by atoms with van der Waals surface area (Å²) in [6.07, 6.45) is 6.01. The third kappa shape index (κ3) is 2.58. The van der Waals surface area contributed by atoms with Gasteiger partial charge in [0, 0.05) is 33.4 Å². The van der Waals surface area contributed by atoms with Crippen molar-refractivity contribution >= 4 is 0 Å². The summed E-state index contributed by atoms with van der Waals surface area (Å²) in [6, 6.07) is 0.229. The molecular weight excluding hydrogens is 228 g/mol. The maximum Gasteiger partial charge on any atom is 0.0946 e. The third-order valence-electron chi connectivity index (χ3n) is 4.04. The number of aromatic nitrogens is 2.